The van der Waals surface area contributed by atoms with Crippen molar-refractivity contribution in [3.8, 4) is 17.2 Å². The molecule has 1 aromatic carbocycles. The van der Waals surface area contributed by atoms with Crippen molar-refractivity contribution >= 4 is 11.7 Å². The van der Waals surface area contributed by atoms with Gasteiger partial charge in [-0.3, -0.25) is 9.88 Å². The number of hydrogen-bond acceptors (Lipinski definition) is 7. The van der Waals surface area contributed by atoms with E-state index in [0.717, 1.165) is 19.6 Å². The van der Waals surface area contributed by atoms with Gasteiger partial charge in [0.1, 0.15) is 5.75 Å². The van der Waals surface area contributed by atoms with Gasteiger partial charge >= 0.3 is 12.5 Å². The van der Waals surface area contributed by atoms with Gasteiger partial charge in [0, 0.05) is 44.1 Å². The van der Waals surface area contributed by atoms with Gasteiger partial charge in [0.05, 0.1) is 24.9 Å². The SMILES string of the molecule is CCN1CCN(C(=O)N(Cc2ccc(-c3nnc(C(F)F)o3)cn2)c2cccc(OC)c2)CC1. The molecule has 1 aliphatic heterocycles. The van der Waals surface area contributed by atoms with Crippen molar-refractivity contribution in [3.05, 3.63) is 54.2 Å². The van der Waals surface area contributed by atoms with E-state index >= 15 is 0 Å². The summed E-state index contributed by atoms with van der Waals surface area (Å²) in [6.07, 6.45) is -1.37. The first-order valence-electron chi connectivity index (χ1n) is 11.0. The lowest BCUT2D eigenvalue weighted by molar-refractivity contribution is 0.116. The summed E-state index contributed by atoms with van der Waals surface area (Å²) in [4.78, 5) is 23.7. The molecular formula is C23H26F2N6O3. The fourth-order valence-electron chi connectivity index (χ4n) is 3.72. The smallest absolute Gasteiger partial charge is 0.324 e. The fourth-order valence-corrected chi connectivity index (χ4v) is 3.72. The van der Waals surface area contributed by atoms with E-state index in [2.05, 4.69) is 27.0 Å². The number of halogens is 2. The second-order valence-corrected chi connectivity index (χ2v) is 7.78. The molecule has 2 amide bonds. The number of hydrogen-bond donors (Lipinski definition) is 0. The highest BCUT2D eigenvalue weighted by molar-refractivity contribution is 5.92. The molecule has 0 bridgehead atoms. The monoisotopic (exact) mass is 472 g/mol. The molecule has 3 aromatic rings. The van der Waals surface area contributed by atoms with Crippen LogP contribution in [0.15, 0.2) is 47.0 Å². The molecule has 1 saturated heterocycles. The lowest BCUT2D eigenvalue weighted by atomic mass is 10.2. The van der Waals surface area contributed by atoms with Crippen LogP contribution in [0.2, 0.25) is 0 Å². The van der Waals surface area contributed by atoms with Crippen molar-refractivity contribution in [1.29, 1.82) is 0 Å². The van der Waals surface area contributed by atoms with Gasteiger partial charge in [-0.1, -0.05) is 13.0 Å². The van der Waals surface area contributed by atoms with Gasteiger partial charge in [-0.25, -0.2) is 4.79 Å². The van der Waals surface area contributed by atoms with E-state index in [9.17, 15) is 13.6 Å². The number of aromatic nitrogens is 3. The van der Waals surface area contributed by atoms with E-state index in [0.29, 0.717) is 35.8 Å². The minimum absolute atomic E-state index is 0.0381. The number of benzene rings is 1. The number of alkyl halides is 2. The number of methoxy groups -OCH3 is 1. The van der Waals surface area contributed by atoms with Crippen LogP contribution in [0.4, 0.5) is 19.3 Å². The van der Waals surface area contributed by atoms with Crippen LogP contribution in [0.3, 0.4) is 0 Å². The van der Waals surface area contributed by atoms with Gasteiger partial charge in [0.2, 0.25) is 5.89 Å². The number of anilines is 1. The lowest BCUT2D eigenvalue weighted by Gasteiger charge is -2.37. The summed E-state index contributed by atoms with van der Waals surface area (Å²) in [5, 5.41) is 6.98. The molecule has 11 heteroatoms. The first-order chi connectivity index (χ1) is 16.5. The number of ether oxygens (including phenoxy) is 1. The normalized spacial score (nSPS) is 14.4. The molecule has 34 heavy (non-hydrogen) atoms. The number of nitrogens with zero attached hydrogens (tertiary/aromatic N) is 6. The van der Waals surface area contributed by atoms with Gasteiger partial charge in [-0.05, 0) is 30.8 Å². The predicted octanol–water partition coefficient (Wildman–Crippen LogP) is 3.84. The summed E-state index contributed by atoms with van der Waals surface area (Å²) < 4.78 is 35.8. The first kappa shape index (κ1) is 23.6. The van der Waals surface area contributed by atoms with Gasteiger partial charge in [0.25, 0.3) is 5.89 Å². The lowest BCUT2D eigenvalue weighted by Crippen LogP contribution is -2.52. The summed E-state index contributed by atoms with van der Waals surface area (Å²) in [7, 11) is 1.58. The highest BCUT2D eigenvalue weighted by Gasteiger charge is 2.27. The molecule has 1 aliphatic rings. The molecule has 0 N–H and O–H groups in total. The van der Waals surface area contributed by atoms with E-state index in [1.54, 1.807) is 30.2 Å². The number of likely N-dealkylation sites (N-methyl/N-ethyl adjacent to an activating group) is 1. The molecule has 3 heterocycles. The van der Waals surface area contributed by atoms with E-state index < -0.39 is 12.3 Å². The Bertz CT molecular complexity index is 1100. The van der Waals surface area contributed by atoms with Crippen molar-refractivity contribution in [1.82, 2.24) is 25.0 Å². The molecule has 0 spiro atoms. The second kappa shape index (κ2) is 10.6. The Kier molecular flexibility index (Phi) is 7.31. The van der Waals surface area contributed by atoms with Crippen LogP contribution in [-0.4, -0.2) is 70.8 Å². The average molecular weight is 472 g/mol. The Morgan fingerprint density at radius 1 is 1.18 bits per heavy atom. The Morgan fingerprint density at radius 2 is 1.97 bits per heavy atom. The van der Waals surface area contributed by atoms with E-state index in [-0.39, 0.29) is 18.5 Å². The topological polar surface area (TPSA) is 87.8 Å². The second-order valence-electron chi connectivity index (χ2n) is 7.78. The quantitative estimate of drug-likeness (QED) is 0.516. The molecule has 0 saturated carbocycles. The summed E-state index contributed by atoms with van der Waals surface area (Å²) in [5.41, 5.74) is 1.71. The molecule has 0 radical (unpaired) electrons. The molecule has 180 valence electrons. The van der Waals surface area contributed by atoms with Crippen molar-refractivity contribution in [2.24, 2.45) is 0 Å². The summed E-state index contributed by atoms with van der Waals surface area (Å²) >= 11 is 0. The van der Waals surface area contributed by atoms with Gasteiger partial charge in [-0.15, -0.1) is 10.2 Å². The molecule has 1 fully saturated rings. The average Bonchev–Trinajstić information content (AvgIpc) is 3.38. The maximum absolute atomic E-state index is 13.5. The number of rotatable bonds is 7. The number of urea groups is 1. The summed E-state index contributed by atoms with van der Waals surface area (Å²) in [6.45, 7) is 6.21. The summed E-state index contributed by atoms with van der Waals surface area (Å²) in [6, 6.07) is 10.5. The minimum atomic E-state index is -2.84. The van der Waals surface area contributed by atoms with E-state index in [1.165, 1.54) is 6.20 Å². The zero-order valence-corrected chi connectivity index (χ0v) is 19.0. The van der Waals surface area contributed by atoms with Crippen molar-refractivity contribution in [3.63, 3.8) is 0 Å². The van der Waals surface area contributed by atoms with E-state index in [4.69, 9.17) is 9.15 Å². The highest BCUT2D eigenvalue weighted by atomic mass is 19.3. The molecule has 2 aromatic heterocycles. The Morgan fingerprint density at radius 3 is 2.59 bits per heavy atom. The first-order valence-corrected chi connectivity index (χ1v) is 11.0. The minimum Gasteiger partial charge on any atom is -0.497 e. The van der Waals surface area contributed by atoms with Crippen molar-refractivity contribution in [2.75, 3.05) is 44.7 Å². The molecular weight excluding hydrogens is 446 g/mol. The van der Waals surface area contributed by atoms with E-state index in [1.807, 2.05) is 23.1 Å². The number of piperazine rings is 1. The fraction of sp³-hybridized carbons (Fsp3) is 0.391. The molecule has 0 unspecified atom stereocenters. The zero-order chi connectivity index (χ0) is 24.1. The highest BCUT2D eigenvalue weighted by Crippen LogP contribution is 2.26. The third-order valence-electron chi connectivity index (χ3n) is 5.71. The Balaban J connectivity index is 1.55. The van der Waals surface area contributed by atoms with Crippen LogP contribution >= 0.6 is 0 Å². The number of carbonyl (C=O) groups is 1. The van der Waals surface area contributed by atoms with Crippen LogP contribution < -0.4 is 9.64 Å². The predicted molar refractivity (Wildman–Crippen MR) is 121 cm³/mol. The standard InChI is InChI=1S/C23H26F2N6O3/c1-3-29-9-11-30(12-10-29)23(32)31(18-5-4-6-19(13-18)33-2)15-17-8-7-16(14-26-17)21-27-28-22(34-21)20(24)25/h4-8,13-14,20H,3,9-12,15H2,1-2H3. The number of carbonyl (C=O) groups excluding carboxylic acids is 1. The van der Waals surface area contributed by atoms with Gasteiger partial charge in [-0.2, -0.15) is 8.78 Å². The maximum atomic E-state index is 13.5. The molecule has 0 aliphatic carbocycles. The van der Waals surface area contributed by atoms with Crippen LogP contribution in [0.1, 0.15) is 24.9 Å². The van der Waals surface area contributed by atoms with Gasteiger partial charge < -0.3 is 19.0 Å². The van der Waals surface area contributed by atoms with Gasteiger partial charge in [0.15, 0.2) is 0 Å². The molecule has 9 nitrogen and oxygen atoms in total. The third kappa shape index (κ3) is 5.30. The Labute approximate surface area is 195 Å². The molecule has 4 rings (SSSR count). The van der Waals surface area contributed by atoms with Crippen molar-refractivity contribution in [2.45, 2.75) is 19.9 Å². The third-order valence-corrected chi connectivity index (χ3v) is 5.71. The largest absolute Gasteiger partial charge is 0.497 e. The summed E-state index contributed by atoms with van der Waals surface area (Å²) in [5.74, 6) is -0.137. The van der Waals surface area contributed by atoms with Crippen LogP contribution in [-0.2, 0) is 6.54 Å². The molecule has 0 atom stereocenters. The number of amides is 2. The van der Waals surface area contributed by atoms with Crippen LogP contribution in [0.5, 0.6) is 5.75 Å². The number of pyridine rings is 1. The van der Waals surface area contributed by atoms with Crippen LogP contribution in [0, 0.1) is 0 Å². The maximum Gasteiger partial charge on any atom is 0.324 e. The Hall–Kier alpha value is -3.60. The zero-order valence-electron chi connectivity index (χ0n) is 19.0. The van der Waals surface area contributed by atoms with Crippen molar-refractivity contribution < 1.29 is 22.7 Å². The van der Waals surface area contributed by atoms with Crippen LogP contribution in [0.25, 0.3) is 11.5 Å².